The van der Waals surface area contributed by atoms with Crippen molar-refractivity contribution >= 4 is 16.3 Å². The number of carbonyl (C=O) groups is 1. The quantitative estimate of drug-likeness (QED) is 0.648. The third-order valence-electron chi connectivity index (χ3n) is 3.89. The Morgan fingerprint density at radius 3 is 2.65 bits per heavy atom. The second-order valence-corrected chi connectivity index (χ2v) is 7.60. The van der Waals surface area contributed by atoms with Crippen LogP contribution in [-0.4, -0.2) is 36.6 Å². The van der Waals surface area contributed by atoms with E-state index in [1.54, 1.807) is 25.1 Å². The molecule has 128 valence electrons. The molecule has 1 aromatic rings. The third kappa shape index (κ3) is 3.65. The maximum absolute atomic E-state index is 11.5. The van der Waals surface area contributed by atoms with Crippen LogP contribution in [0.5, 0.6) is 5.75 Å². The molecule has 2 rings (SSSR count). The summed E-state index contributed by atoms with van der Waals surface area (Å²) in [7, 11) is -2.95. The van der Waals surface area contributed by atoms with E-state index in [9.17, 15) is 13.2 Å². The molecular weight excluding hydrogens is 322 g/mol. The minimum atomic E-state index is -4.24. The smallest absolute Gasteiger partial charge is 0.335 e. The maximum Gasteiger partial charge on any atom is 0.335 e. The molecule has 0 bridgehead atoms. The summed E-state index contributed by atoms with van der Waals surface area (Å²) in [5.41, 5.74) is 0.961. The molecule has 0 fully saturated rings. The Kier molecular flexibility index (Phi) is 4.70. The summed E-state index contributed by atoms with van der Waals surface area (Å²) in [6, 6.07) is 5.22. The maximum atomic E-state index is 11.5. The molecule has 0 aromatic heterocycles. The molecule has 1 aliphatic rings. The summed E-state index contributed by atoms with van der Waals surface area (Å²) in [6.07, 6.45) is -0.462. The van der Waals surface area contributed by atoms with E-state index in [-0.39, 0.29) is 18.9 Å². The summed E-state index contributed by atoms with van der Waals surface area (Å²) in [5.74, 6) is 0.254. The van der Waals surface area contributed by atoms with Crippen molar-refractivity contribution < 1.29 is 27.2 Å². The monoisotopic (exact) mass is 343 g/mol. The van der Waals surface area contributed by atoms with Gasteiger partial charge < -0.3 is 9.47 Å². The summed E-state index contributed by atoms with van der Waals surface area (Å²) in [4.78, 5) is 11.5. The van der Waals surface area contributed by atoms with Crippen molar-refractivity contribution in [2.24, 2.45) is 0 Å². The molecule has 23 heavy (non-hydrogen) atoms. The lowest BCUT2D eigenvalue weighted by Crippen LogP contribution is -2.36. The molecule has 1 heterocycles. The van der Waals surface area contributed by atoms with Crippen LogP contribution < -0.4 is 4.74 Å². The first-order chi connectivity index (χ1) is 10.6. The third-order valence-corrected chi connectivity index (χ3v) is 4.80. The van der Waals surface area contributed by atoms with Gasteiger partial charge in [0.2, 0.25) is 0 Å². The van der Waals surface area contributed by atoms with Gasteiger partial charge in [-0.15, -0.1) is 0 Å². The average molecular weight is 343 g/mol. The molecule has 0 saturated heterocycles. The van der Waals surface area contributed by atoms with Crippen molar-refractivity contribution in [1.82, 2.24) is 4.31 Å². The number of carbonyl (C=O) groups excluding carboxylic acids is 1. The number of esters is 1. The van der Waals surface area contributed by atoms with Gasteiger partial charge >= 0.3 is 16.3 Å². The van der Waals surface area contributed by atoms with Gasteiger partial charge in [0.15, 0.2) is 0 Å². The average Bonchev–Trinajstić information content (AvgIpc) is 2.69. The van der Waals surface area contributed by atoms with Crippen molar-refractivity contribution in [3.8, 4) is 5.75 Å². The highest BCUT2D eigenvalue weighted by Crippen LogP contribution is 2.43. The van der Waals surface area contributed by atoms with Gasteiger partial charge in [-0.2, -0.15) is 12.7 Å². The zero-order valence-corrected chi connectivity index (χ0v) is 14.4. The Morgan fingerprint density at radius 2 is 2.09 bits per heavy atom. The Labute approximate surface area is 136 Å². The van der Waals surface area contributed by atoms with Crippen LogP contribution in [-0.2, 0) is 31.8 Å². The van der Waals surface area contributed by atoms with Crippen molar-refractivity contribution in [2.45, 2.75) is 45.4 Å². The number of nitrogens with zero attached hydrogens (tertiary/aromatic N) is 1. The molecule has 0 amide bonds. The number of rotatable bonds is 5. The van der Waals surface area contributed by atoms with Crippen LogP contribution in [0, 0.1) is 0 Å². The van der Waals surface area contributed by atoms with Gasteiger partial charge in [0.05, 0.1) is 5.41 Å². The first-order valence-electron chi connectivity index (χ1n) is 7.24. The zero-order chi connectivity index (χ0) is 17.4. The first-order valence-corrected chi connectivity index (χ1v) is 8.63. The van der Waals surface area contributed by atoms with Gasteiger partial charge in [-0.25, -0.2) is 0 Å². The number of ether oxygens (including phenoxy) is 2. The molecule has 1 aliphatic heterocycles. The molecule has 0 aliphatic carbocycles. The number of hydrogen-bond donors (Lipinski definition) is 1. The van der Waals surface area contributed by atoms with Gasteiger partial charge in [0, 0.05) is 25.6 Å². The molecule has 0 radical (unpaired) electrons. The standard InChI is InChI=1S/C15H21NO6S/c1-5-13(17)22-14-15(2,3)11-8-10(6-7-12(11)21-14)9-16(4)23(18,19)20/h6-8,14H,5,9H2,1-4H3,(H,18,19,20). The van der Waals surface area contributed by atoms with Crippen LogP contribution >= 0.6 is 0 Å². The summed E-state index contributed by atoms with van der Waals surface area (Å²) in [5, 5.41) is 0. The summed E-state index contributed by atoms with van der Waals surface area (Å²) >= 11 is 0. The van der Waals surface area contributed by atoms with Crippen molar-refractivity contribution in [3.05, 3.63) is 29.3 Å². The fourth-order valence-corrected chi connectivity index (χ4v) is 2.70. The van der Waals surface area contributed by atoms with E-state index in [0.717, 1.165) is 9.87 Å². The van der Waals surface area contributed by atoms with E-state index in [0.29, 0.717) is 11.3 Å². The fourth-order valence-electron chi connectivity index (χ4n) is 2.38. The van der Waals surface area contributed by atoms with Crippen molar-refractivity contribution in [2.75, 3.05) is 7.05 Å². The van der Waals surface area contributed by atoms with Crippen LogP contribution in [0.3, 0.4) is 0 Å². The molecule has 7 nitrogen and oxygen atoms in total. The van der Waals surface area contributed by atoms with E-state index < -0.39 is 22.0 Å². The molecule has 8 heteroatoms. The lowest BCUT2D eigenvalue weighted by atomic mass is 9.84. The van der Waals surface area contributed by atoms with Gasteiger partial charge in [-0.1, -0.05) is 13.0 Å². The molecule has 1 aromatic carbocycles. The van der Waals surface area contributed by atoms with Crippen LogP contribution in [0.1, 0.15) is 38.3 Å². The Hall–Kier alpha value is -1.64. The Morgan fingerprint density at radius 1 is 1.43 bits per heavy atom. The van der Waals surface area contributed by atoms with Gasteiger partial charge in [-0.05, 0) is 31.5 Å². The highest BCUT2D eigenvalue weighted by atomic mass is 32.2. The minimum Gasteiger partial charge on any atom is -0.454 e. The predicted molar refractivity (Wildman–Crippen MR) is 83.3 cm³/mol. The van der Waals surface area contributed by atoms with Crippen LogP contribution in [0.4, 0.5) is 0 Å². The fraction of sp³-hybridized carbons (Fsp3) is 0.533. The second kappa shape index (κ2) is 6.10. The molecule has 0 saturated carbocycles. The van der Waals surface area contributed by atoms with E-state index in [4.69, 9.17) is 14.0 Å². The lowest BCUT2D eigenvalue weighted by molar-refractivity contribution is -0.168. The molecule has 0 spiro atoms. The minimum absolute atomic E-state index is 0.0294. The highest BCUT2D eigenvalue weighted by molar-refractivity contribution is 7.83. The lowest BCUT2D eigenvalue weighted by Gasteiger charge is -2.25. The largest absolute Gasteiger partial charge is 0.454 e. The zero-order valence-electron chi connectivity index (χ0n) is 13.6. The number of hydrogen-bond acceptors (Lipinski definition) is 5. The van der Waals surface area contributed by atoms with Crippen molar-refractivity contribution in [3.63, 3.8) is 0 Å². The van der Waals surface area contributed by atoms with Gasteiger partial charge in [0.25, 0.3) is 6.29 Å². The summed E-state index contributed by atoms with van der Waals surface area (Å²) < 4.78 is 43.1. The topological polar surface area (TPSA) is 93.1 Å². The highest BCUT2D eigenvalue weighted by Gasteiger charge is 2.44. The Bertz CT molecular complexity index is 713. The van der Waals surface area contributed by atoms with Crippen LogP contribution in [0.15, 0.2) is 18.2 Å². The number of fused-ring (bicyclic) bond motifs is 1. The first kappa shape index (κ1) is 17.7. The number of benzene rings is 1. The van der Waals surface area contributed by atoms with E-state index in [1.807, 2.05) is 13.8 Å². The molecular formula is C15H21NO6S. The van der Waals surface area contributed by atoms with E-state index in [1.165, 1.54) is 7.05 Å². The normalized spacial score (nSPS) is 19.3. The summed E-state index contributed by atoms with van der Waals surface area (Å²) in [6.45, 7) is 5.52. The van der Waals surface area contributed by atoms with Crippen molar-refractivity contribution in [1.29, 1.82) is 0 Å². The van der Waals surface area contributed by atoms with Crippen LogP contribution in [0.25, 0.3) is 0 Å². The SMILES string of the molecule is CCC(=O)OC1Oc2ccc(CN(C)S(=O)(=O)O)cc2C1(C)C. The van der Waals surface area contributed by atoms with Gasteiger partial charge in [-0.3, -0.25) is 9.35 Å². The predicted octanol–water partition coefficient (Wildman–Crippen LogP) is 1.87. The van der Waals surface area contributed by atoms with E-state index >= 15 is 0 Å². The molecule has 1 atom stereocenters. The second-order valence-electron chi connectivity index (χ2n) is 6.08. The van der Waals surface area contributed by atoms with Crippen LogP contribution in [0.2, 0.25) is 0 Å². The van der Waals surface area contributed by atoms with Gasteiger partial charge in [0.1, 0.15) is 5.75 Å². The molecule has 1 N–H and O–H groups in total. The van der Waals surface area contributed by atoms with E-state index in [2.05, 4.69) is 0 Å². The molecule has 1 unspecified atom stereocenters. The Balaban J connectivity index is 2.26.